The van der Waals surface area contributed by atoms with Gasteiger partial charge in [0.25, 0.3) is 11.8 Å². The molecule has 2 N–H and O–H groups in total. The van der Waals surface area contributed by atoms with E-state index in [0.717, 1.165) is 5.56 Å². The lowest BCUT2D eigenvalue weighted by Crippen LogP contribution is -2.30. The van der Waals surface area contributed by atoms with E-state index in [9.17, 15) is 9.59 Å². The van der Waals surface area contributed by atoms with Crippen LogP contribution in [0.4, 0.5) is 5.69 Å². The largest absolute Gasteiger partial charge is 0.493 e. The van der Waals surface area contributed by atoms with Gasteiger partial charge in [0.1, 0.15) is 5.70 Å². The molecular formula is C21H21N3O4S. The topological polar surface area (TPSA) is 79.9 Å². The number of carbonyl (C=O) groups excluding carboxylic acids is 2. The van der Waals surface area contributed by atoms with Crippen molar-refractivity contribution in [2.45, 2.75) is 6.92 Å². The number of thiocarbonyl (C=S) groups is 1. The van der Waals surface area contributed by atoms with Gasteiger partial charge >= 0.3 is 0 Å². The maximum Gasteiger partial charge on any atom is 0.276 e. The van der Waals surface area contributed by atoms with Crippen molar-refractivity contribution in [1.29, 1.82) is 0 Å². The first-order valence-corrected chi connectivity index (χ1v) is 9.43. The third kappa shape index (κ3) is 4.91. The molecule has 0 unspecified atom stereocenters. The molecule has 1 aliphatic rings. The minimum absolute atomic E-state index is 0.161. The molecule has 1 saturated heterocycles. The van der Waals surface area contributed by atoms with Crippen molar-refractivity contribution in [3.63, 3.8) is 0 Å². The Morgan fingerprint density at radius 2 is 1.97 bits per heavy atom. The molecule has 150 valence electrons. The molecule has 8 heteroatoms. The van der Waals surface area contributed by atoms with Crippen LogP contribution in [0.2, 0.25) is 0 Å². The van der Waals surface area contributed by atoms with Crippen LogP contribution in [0.5, 0.6) is 11.5 Å². The molecule has 0 radical (unpaired) electrons. The van der Waals surface area contributed by atoms with Gasteiger partial charge in [-0.3, -0.25) is 14.5 Å². The molecule has 29 heavy (non-hydrogen) atoms. The summed E-state index contributed by atoms with van der Waals surface area (Å²) in [6, 6.07) is 14.3. The van der Waals surface area contributed by atoms with Gasteiger partial charge in [-0.1, -0.05) is 24.3 Å². The molecule has 0 aromatic heterocycles. The van der Waals surface area contributed by atoms with E-state index in [1.165, 1.54) is 12.0 Å². The predicted octanol–water partition coefficient (Wildman–Crippen LogP) is 2.79. The number of anilines is 1. The van der Waals surface area contributed by atoms with Crippen molar-refractivity contribution in [2.24, 2.45) is 0 Å². The lowest BCUT2D eigenvalue weighted by atomic mass is 10.1. The highest BCUT2D eigenvalue weighted by atomic mass is 32.1. The number of ether oxygens (including phenoxy) is 2. The maximum absolute atomic E-state index is 12.3. The molecule has 0 atom stereocenters. The van der Waals surface area contributed by atoms with Gasteiger partial charge in [0.2, 0.25) is 0 Å². The number of carbonyl (C=O) groups is 2. The van der Waals surface area contributed by atoms with Crippen LogP contribution < -0.4 is 20.1 Å². The molecule has 2 amide bonds. The minimum atomic E-state index is -0.279. The van der Waals surface area contributed by atoms with E-state index in [4.69, 9.17) is 21.7 Å². The summed E-state index contributed by atoms with van der Waals surface area (Å²) in [6.45, 7) is 2.20. The van der Waals surface area contributed by atoms with E-state index in [-0.39, 0.29) is 18.4 Å². The van der Waals surface area contributed by atoms with Gasteiger partial charge in [0.15, 0.2) is 23.2 Å². The predicted molar refractivity (Wildman–Crippen MR) is 115 cm³/mol. The molecule has 1 heterocycles. The lowest BCUT2D eigenvalue weighted by Gasteiger charge is -2.12. The zero-order chi connectivity index (χ0) is 20.8. The summed E-state index contributed by atoms with van der Waals surface area (Å²) in [5.41, 5.74) is 1.83. The number of para-hydroxylation sites is 1. The first kappa shape index (κ1) is 20.3. The molecular weight excluding hydrogens is 390 g/mol. The van der Waals surface area contributed by atoms with Crippen molar-refractivity contribution in [1.82, 2.24) is 10.2 Å². The van der Waals surface area contributed by atoms with Crippen molar-refractivity contribution in [2.75, 3.05) is 25.6 Å². The van der Waals surface area contributed by atoms with E-state index in [1.54, 1.807) is 36.4 Å². The highest BCUT2D eigenvalue weighted by Gasteiger charge is 2.29. The highest BCUT2D eigenvalue weighted by Crippen LogP contribution is 2.29. The average Bonchev–Trinajstić information content (AvgIpc) is 2.99. The van der Waals surface area contributed by atoms with Crippen LogP contribution in [0, 0.1) is 0 Å². The highest BCUT2D eigenvalue weighted by molar-refractivity contribution is 7.80. The van der Waals surface area contributed by atoms with E-state index in [1.807, 2.05) is 25.1 Å². The van der Waals surface area contributed by atoms with Crippen LogP contribution in [-0.4, -0.2) is 42.1 Å². The maximum atomic E-state index is 12.3. The van der Waals surface area contributed by atoms with E-state index < -0.39 is 0 Å². The summed E-state index contributed by atoms with van der Waals surface area (Å²) >= 11 is 5.16. The van der Waals surface area contributed by atoms with Crippen molar-refractivity contribution < 1.29 is 19.1 Å². The molecule has 0 aliphatic carbocycles. The van der Waals surface area contributed by atoms with E-state index in [0.29, 0.717) is 34.5 Å². The van der Waals surface area contributed by atoms with Gasteiger partial charge in [-0.05, 0) is 55.0 Å². The zero-order valence-electron chi connectivity index (χ0n) is 16.1. The van der Waals surface area contributed by atoms with E-state index in [2.05, 4.69) is 10.6 Å². The van der Waals surface area contributed by atoms with Crippen molar-refractivity contribution in [3.05, 3.63) is 59.8 Å². The molecule has 7 nitrogen and oxygen atoms in total. The molecule has 0 spiro atoms. The monoisotopic (exact) mass is 411 g/mol. The molecule has 0 bridgehead atoms. The number of hydrogen-bond acceptors (Lipinski definition) is 5. The van der Waals surface area contributed by atoms with Crippen LogP contribution in [-0.2, 0) is 9.59 Å². The summed E-state index contributed by atoms with van der Waals surface area (Å²) in [4.78, 5) is 25.9. The quantitative estimate of drug-likeness (QED) is 0.539. The first-order valence-electron chi connectivity index (χ1n) is 9.02. The fourth-order valence-electron chi connectivity index (χ4n) is 2.78. The number of rotatable bonds is 7. The Morgan fingerprint density at radius 3 is 2.62 bits per heavy atom. The van der Waals surface area contributed by atoms with Gasteiger partial charge in [-0.25, -0.2) is 0 Å². The fourth-order valence-corrected chi connectivity index (χ4v) is 3.10. The van der Waals surface area contributed by atoms with Crippen LogP contribution in [0.15, 0.2) is 54.2 Å². The molecule has 3 rings (SSSR count). The summed E-state index contributed by atoms with van der Waals surface area (Å²) in [6.07, 6.45) is 1.69. The Kier molecular flexibility index (Phi) is 6.46. The summed E-state index contributed by atoms with van der Waals surface area (Å²) in [7, 11) is 1.51. The van der Waals surface area contributed by atoms with Crippen LogP contribution in [0.25, 0.3) is 6.08 Å². The zero-order valence-corrected chi connectivity index (χ0v) is 16.9. The fraction of sp³-hybridized carbons (Fsp3) is 0.190. The van der Waals surface area contributed by atoms with Crippen LogP contribution in [0.3, 0.4) is 0 Å². The molecule has 2 aromatic rings. The summed E-state index contributed by atoms with van der Waals surface area (Å²) in [5.74, 6) is 0.425. The second-order valence-corrected chi connectivity index (χ2v) is 6.54. The normalized spacial score (nSPS) is 14.7. The van der Waals surface area contributed by atoms with Gasteiger partial charge in [-0.2, -0.15) is 0 Å². The number of nitrogens with one attached hydrogen (secondary N) is 2. The Hall–Kier alpha value is -3.39. The average molecular weight is 411 g/mol. The minimum Gasteiger partial charge on any atom is -0.493 e. The number of likely N-dealkylation sites (N-methyl/N-ethyl adjacent to an activating group) is 1. The van der Waals surface area contributed by atoms with Gasteiger partial charge in [0.05, 0.1) is 7.11 Å². The van der Waals surface area contributed by atoms with Crippen molar-refractivity contribution >= 4 is 40.9 Å². The van der Waals surface area contributed by atoms with Crippen LogP contribution in [0.1, 0.15) is 12.5 Å². The third-order valence-electron chi connectivity index (χ3n) is 4.19. The lowest BCUT2D eigenvalue weighted by molar-refractivity contribution is -0.122. The SMILES string of the molecule is CCN1C(=O)/C(=C\c2ccc(OCC(=O)Nc3ccccc3)c(OC)c2)NC1=S. The number of amides is 2. The van der Waals surface area contributed by atoms with Crippen LogP contribution >= 0.6 is 12.2 Å². The number of methoxy groups -OCH3 is 1. The molecule has 1 fully saturated rings. The summed E-state index contributed by atoms with van der Waals surface area (Å²) < 4.78 is 11.0. The molecule has 1 aliphatic heterocycles. The Morgan fingerprint density at radius 1 is 1.21 bits per heavy atom. The van der Waals surface area contributed by atoms with Gasteiger partial charge in [-0.15, -0.1) is 0 Å². The van der Waals surface area contributed by atoms with Gasteiger partial charge in [0, 0.05) is 12.2 Å². The molecule has 2 aromatic carbocycles. The Labute approximate surface area is 174 Å². The first-order chi connectivity index (χ1) is 14.0. The molecule has 0 saturated carbocycles. The van der Waals surface area contributed by atoms with Crippen molar-refractivity contribution in [3.8, 4) is 11.5 Å². The smallest absolute Gasteiger partial charge is 0.276 e. The second-order valence-electron chi connectivity index (χ2n) is 6.15. The number of hydrogen-bond donors (Lipinski definition) is 2. The summed E-state index contributed by atoms with van der Waals surface area (Å²) in [5, 5.41) is 6.05. The van der Waals surface area contributed by atoms with E-state index >= 15 is 0 Å². The number of nitrogens with zero attached hydrogens (tertiary/aromatic N) is 1. The third-order valence-corrected chi connectivity index (χ3v) is 4.52. The Bertz CT molecular complexity index is 960. The Balaban J connectivity index is 1.68. The number of benzene rings is 2. The standard InChI is InChI=1S/C21H21N3O4S/c1-3-24-20(26)16(23-21(24)29)11-14-9-10-17(18(12-14)27-2)28-13-19(25)22-15-7-5-4-6-8-15/h4-12H,3,13H2,1-2H3,(H,22,25)(H,23,29)/b16-11+. The second kappa shape index (κ2) is 9.20. The van der Waals surface area contributed by atoms with Gasteiger partial charge < -0.3 is 20.1 Å².